The molecule has 0 amide bonds. The van der Waals surface area contributed by atoms with Crippen molar-refractivity contribution in [3.8, 4) is 0 Å². The highest BCUT2D eigenvalue weighted by molar-refractivity contribution is 5.35. The molecule has 0 saturated heterocycles. The average Bonchev–Trinajstić information content (AvgIpc) is 2.16. The van der Waals surface area contributed by atoms with Crippen molar-refractivity contribution in [3.63, 3.8) is 0 Å². The number of hydrogen-bond donors (Lipinski definition) is 2. The third kappa shape index (κ3) is 2.36. The summed E-state index contributed by atoms with van der Waals surface area (Å²) in [4.78, 5) is 0. The Bertz CT molecular complexity index is 372. The second kappa shape index (κ2) is 4.07. The number of aliphatic hydroxyl groups is 1. The normalized spacial score (nSPS) is 17.9. The van der Waals surface area contributed by atoms with Gasteiger partial charge in [0.15, 0.2) is 0 Å². The summed E-state index contributed by atoms with van der Waals surface area (Å²) in [7, 11) is 0. The maximum atomic E-state index is 12.7. The summed E-state index contributed by atoms with van der Waals surface area (Å²) in [6.07, 6.45) is -4.49. The van der Waals surface area contributed by atoms with E-state index in [2.05, 4.69) is 0 Å². The van der Waals surface area contributed by atoms with Gasteiger partial charge in [-0.15, -0.1) is 0 Å². The van der Waals surface area contributed by atoms with Crippen LogP contribution < -0.4 is 5.73 Å². The quantitative estimate of drug-likeness (QED) is 0.823. The Morgan fingerprint density at radius 2 is 1.62 bits per heavy atom. The van der Waals surface area contributed by atoms with Gasteiger partial charge in [0.05, 0.1) is 5.56 Å². The summed E-state index contributed by atoms with van der Waals surface area (Å²) >= 11 is 0. The van der Waals surface area contributed by atoms with Crippen molar-refractivity contribution in [1.29, 1.82) is 0 Å². The van der Waals surface area contributed by atoms with E-state index in [0.717, 1.165) is 6.07 Å². The second-order valence-electron chi connectivity index (χ2n) is 3.98. The molecule has 90 valence electrons. The van der Waals surface area contributed by atoms with Crippen molar-refractivity contribution in [2.45, 2.75) is 31.7 Å². The van der Waals surface area contributed by atoms with Crippen LogP contribution in [0.1, 0.15) is 25.0 Å². The molecule has 0 aliphatic carbocycles. The van der Waals surface area contributed by atoms with Crippen molar-refractivity contribution in [1.82, 2.24) is 0 Å². The summed E-state index contributed by atoms with van der Waals surface area (Å²) < 4.78 is 38.1. The molecule has 3 N–H and O–H groups in total. The van der Waals surface area contributed by atoms with Gasteiger partial charge in [-0.25, -0.2) is 0 Å². The zero-order valence-corrected chi connectivity index (χ0v) is 9.05. The molecule has 2 unspecified atom stereocenters. The number of halogens is 3. The van der Waals surface area contributed by atoms with Crippen LogP contribution in [0, 0.1) is 0 Å². The number of hydrogen-bond acceptors (Lipinski definition) is 2. The maximum Gasteiger partial charge on any atom is 0.416 e. The second-order valence-corrected chi connectivity index (χ2v) is 3.98. The number of rotatable bonds is 2. The Balaban J connectivity index is 3.35. The van der Waals surface area contributed by atoms with E-state index in [1.54, 1.807) is 0 Å². The Morgan fingerprint density at radius 1 is 1.19 bits per heavy atom. The topological polar surface area (TPSA) is 46.2 Å². The zero-order valence-electron chi connectivity index (χ0n) is 9.05. The molecule has 2 atom stereocenters. The van der Waals surface area contributed by atoms with E-state index in [1.165, 1.54) is 32.0 Å². The van der Waals surface area contributed by atoms with Crippen LogP contribution in [0.4, 0.5) is 13.2 Å². The lowest BCUT2D eigenvalue weighted by molar-refractivity contribution is -0.140. The first-order valence-electron chi connectivity index (χ1n) is 4.82. The van der Waals surface area contributed by atoms with E-state index in [9.17, 15) is 18.3 Å². The molecular weight excluding hydrogens is 219 g/mol. The van der Waals surface area contributed by atoms with Crippen molar-refractivity contribution in [2.75, 3.05) is 0 Å². The highest BCUT2D eigenvalue weighted by atomic mass is 19.4. The van der Waals surface area contributed by atoms with Gasteiger partial charge in [-0.1, -0.05) is 18.2 Å². The molecule has 0 aliphatic rings. The van der Waals surface area contributed by atoms with Crippen LogP contribution in [0.25, 0.3) is 0 Å². The summed E-state index contributed by atoms with van der Waals surface area (Å²) in [6.45, 7) is 2.75. The fourth-order valence-corrected chi connectivity index (χ4v) is 1.42. The molecular formula is C11H14F3NO. The Hall–Kier alpha value is -1.07. The SMILES string of the molecule is CC(N)C(C)(O)c1ccccc1C(F)(F)F. The van der Waals surface area contributed by atoms with Crippen LogP contribution >= 0.6 is 0 Å². The van der Waals surface area contributed by atoms with Gasteiger partial charge < -0.3 is 10.8 Å². The third-order valence-electron chi connectivity index (χ3n) is 2.66. The minimum atomic E-state index is -4.49. The van der Waals surface area contributed by atoms with Gasteiger partial charge >= 0.3 is 6.18 Å². The molecule has 5 heteroatoms. The van der Waals surface area contributed by atoms with Crippen LogP contribution in [0.15, 0.2) is 24.3 Å². The standard InChI is InChI=1S/C11H14F3NO/c1-7(15)10(2,16)8-5-3-4-6-9(8)11(12,13)14/h3-7,16H,15H2,1-2H3. The molecule has 1 aromatic carbocycles. The molecule has 0 bridgehead atoms. The lowest BCUT2D eigenvalue weighted by Gasteiger charge is -2.30. The van der Waals surface area contributed by atoms with Gasteiger partial charge in [0.1, 0.15) is 5.60 Å². The van der Waals surface area contributed by atoms with Gasteiger partial charge in [0, 0.05) is 6.04 Å². The smallest absolute Gasteiger partial charge is 0.384 e. The van der Waals surface area contributed by atoms with E-state index < -0.39 is 23.4 Å². The van der Waals surface area contributed by atoms with Crippen molar-refractivity contribution >= 4 is 0 Å². The molecule has 0 aliphatic heterocycles. The molecule has 1 rings (SSSR count). The highest BCUT2D eigenvalue weighted by Gasteiger charge is 2.39. The number of alkyl halides is 3. The zero-order chi connectivity index (χ0) is 12.6. The molecule has 16 heavy (non-hydrogen) atoms. The van der Waals surface area contributed by atoms with Gasteiger partial charge in [-0.2, -0.15) is 13.2 Å². The van der Waals surface area contributed by atoms with Gasteiger partial charge in [-0.3, -0.25) is 0 Å². The van der Waals surface area contributed by atoms with Crippen molar-refractivity contribution in [2.24, 2.45) is 5.73 Å². The van der Waals surface area contributed by atoms with Crippen LogP contribution in [0.2, 0.25) is 0 Å². The summed E-state index contributed by atoms with van der Waals surface area (Å²) in [5.74, 6) is 0. The van der Waals surface area contributed by atoms with Crippen LogP contribution in [0.3, 0.4) is 0 Å². The average molecular weight is 233 g/mol. The monoisotopic (exact) mass is 233 g/mol. The van der Waals surface area contributed by atoms with E-state index in [-0.39, 0.29) is 5.56 Å². The molecule has 1 aromatic rings. The van der Waals surface area contributed by atoms with Crippen molar-refractivity contribution < 1.29 is 18.3 Å². The largest absolute Gasteiger partial charge is 0.416 e. The highest BCUT2D eigenvalue weighted by Crippen LogP contribution is 2.37. The molecule has 0 spiro atoms. The van der Waals surface area contributed by atoms with E-state index in [1.807, 2.05) is 0 Å². The number of nitrogens with two attached hydrogens (primary N) is 1. The molecule has 0 aromatic heterocycles. The Morgan fingerprint density at radius 3 is 2.00 bits per heavy atom. The summed E-state index contributed by atoms with van der Waals surface area (Å²) in [6, 6.07) is 4.11. The van der Waals surface area contributed by atoms with E-state index in [4.69, 9.17) is 5.73 Å². The lowest BCUT2D eigenvalue weighted by atomic mass is 9.86. The van der Waals surface area contributed by atoms with Crippen LogP contribution in [-0.4, -0.2) is 11.1 Å². The molecule has 2 nitrogen and oxygen atoms in total. The Labute approximate surface area is 91.9 Å². The van der Waals surface area contributed by atoms with E-state index >= 15 is 0 Å². The van der Waals surface area contributed by atoms with Crippen LogP contribution in [-0.2, 0) is 11.8 Å². The minimum Gasteiger partial charge on any atom is -0.384 e. The fraction of sp³-hybridized carbons (Fsp3) is 0.455. The predicted octanol–water partition coefficient (Wildman–Crippen LogP) is 2.26. The number of benzene rings is 1. The summed E-state index contributed by atoms with van der Waals surface area (Å²) in [5.41, 5.74) is 2.75. The van der Waals surface area contributed by atoms with E-state index in [0.29, 0.717) is 0 Å². The molecule has 0 radical (unpaired) electrons. The lowest BCUT2D eigenvalue weighted by Crippen LogP contribution is -2.42. The predicted molar refractivity (Wildman–Crippen MR) is 54.7 cm³/mol. The molecule has 0 fully saturated rings. The fourth-order valence-electron chi connectivity index (χ4n) is 1.42. The molecule has 0 heterocycles. The van der Waals surface area contributed by atoms with Gasteiger partial charge in [-0.05, 0) is 25.5 Å². The van der Waals surface area contributed by atoms with Gasteiger partial charge in [0.25, 0.3) is 0 Å². The summed E-state index contributed by atoms with van der Waals surface area (Å²) in [5, 5.41) is 9.98. The first-order chi connectivity index (χ1) is 7.17. The van der Waals surface area contributed by atoms with Crippen LogP contribution in [0.5, 0.6) is 0 Å². The molecule has 0 saturated carbocycles. The third-order valence-corrected chi connectivity index (χ3v) is 2.66. The minimum absolute atomic E-state index is 0.197. The first kappa shape index (κ1) is 13.0. The maximum absolute atomic E-state index is 12.7. The first-order valence-corrected chi connectivity index (χ1v) is 4.82. The van der Waals surface area contributed by atoms with Gasteiger partial charge in [0.2, 0.25) is 0 Å². The van der Waals surface area contributed by atoms with Crippen molar-refractivity contribution in [3.05, 3.63) is 35.4 Å². The Kier molecular flexibility index (Phi) is 3.30.